The summed E-state index contributed by atoms with van der Waals surface area (Å²) >= 11 is 0. The van der Waals surface area contributed by atoms with Gasteiger partial charge in [-0.2, -0.15) is 18.2 Å². The van der Waals surface area contributed by atoms with E-state index in [4.69, 9.17) is 25.7 Å². The Hall–Kier alpha value is -4.42. The molecule has 0 spiro atoms. The van der Waals surface area contributed by atoms with E-state index in [1.165, 1.54) is 24.3 Å². The van der Waals surface area contributed by atoms with Crippen LogP contribution in [0.15, 0.2) is 71.1 Å². The highest BCUT2D eigenvalue weighted by atomic mass is 19.4. The van der Waals surface area contributed by atoms with Gasteiger partial charge in [0.1, 0.15) is 17.6 Å². The average molecular weight is 556 g/mol. The van der Waals surface area contributed by atoms with E-state index >= 15 is 0 Å². The maximum atomic E-state index is 14.4. The summed E-state index contributed by atoms with van der Waals surface area (Å²) in [6.07, 6.45) is -7.08. The van der Waals surface area contributed by atoms with Gasteiger partial charge in [-0.05, 0) is 38.2 Å². The number of nitrogens with two attached hydrogens (primary N) is 2. The summed E-state index contributed by atoms with van der Waals surface area (Å²) in [7, 11) is 3.71. The quantitative estimate of drug-likeness (QED) is 0.254. The van der Waals surface area contributed by atoms with Crippen molar-refractivity contribution in [1.82, 2.24) is 14.9 Å². The maximum absolute atomic E-state index is 14.4. The van der Waals surface area contributed by atoms with Crippen molar-refractivity contribution in [2.75, 3.05) is 19.8 Å². The molecule has 2 heterocycles. The zero-order chi connectivity index (χ0) is 29.0. The fourth-order valence-corrected chi connectivity index (χ4v) is 4.10. The Labute approximate surface area is 228 Å². The number of aromatic nitrogens is 2. The van der Waals surface area contributed by atoms with Crippen LogP contribution in [-0.4, -0.2) is 52.3 Å². The first kappa shape index (κ1) is 28.6. The van der Waals surface area contributed by atoms with E-state index in [9.17, 15) is 18.0 Å². The van der Waals surface area contributed by atoms with Crippen LogP contribution in [0.5, 0.6) is 5.88 Å². The van der Waals surface area contributed by atoms with Gasteiger partial charge in [-0.1, -0.05) is 48.5 Å². The molecule has 12 heteroatoms. The second kappa shape index (κ2) is 11.8. The lowest BCUT2D eigenvalue weighted by atomic mass is 10.00. The van der Waals surface area contributed by atoms with Crippen LogP contribution in [-0.2, 0) is 17.8 Å². The van der Waals surface area contributed by atoms with E-state index in [1.54, 1.807) is 42.5 Å². The lowest BCUT2D eigenvalue weighted by Gasteiger charge is -2.23. The van der Waals surface area contributed by atoms with Gasteiger partial charge in [-0.3, -0.25) is 4.79 Å². The number of aliphatic carboxylic acids is 1. The minimum Gasteiger partial charge on any atom is -0.480 e. The molecule has 0 radical (unpaired) electrons. The van der Waals surface area contributed by atoms with Crippen LogP contribution in [0.2, 0.25) is 0 Å². The molecule has 210 valence electrons. The molecule has 0 saturated heterocycles. The van der Waals surface area contributed by atoms with E-state index in [2.05, 4.69) is 9.97 Å². The third-order valence-corrected chi connectivity index (χ3v) is 5.92. The monoisotopic (exact) mass is 555 g/mol. The molecule has 9 nitrogen and oxygen atoms in total. The molecule has 0 bridgehead atoms. The molecule has 0 aliphatic rings. The number of carboxylic acid groups (broad SMARTS) is 1. The molecule has 2 aromatic carbocycles. The summed E-state index contributed by atoms with van der Waals surface area (Å²) in [5, 5.41) is 9.01. The minimum atomic E-state index is -4.81. The van der Waals surface area contributed by atoms with Crippen LogP contribution in [0.4, 0.5) is 19.1 Å². The predicted molar refractivity (Wildman–Crippen MR) is 142 cm³/mol. The van der Waals surface area contributed by atoms with Crippen molar-refractivity contribution in [2.24, 2.45) is 5.73 Å². The number of furan rings is 1. The third-order valence-electron chi connectivity index (χ3n) is 5.92. The van der Waals surface area contributed by atoms with Crippen molar-refractivity contribution in [3.8, 4) is 28.5 Å². The Balaban J connectivity index is 1.65. The standard InChI is InChI=1S/C28H28F3N5O4/c1-36(2)15-18-11-12-23(39-18)19-5-3-4-6-20(19)25(28(29,30)31)40-24-14-22(34-27(33)35-24)17-9-7-16(8-10-17)13-21(32)26(37)38/h3-12,14,21,25H,13,15,32H2,1-2H3,(H,37,38)(H2,33,34,35)/t21?,25-/m0/s1. The number of benzene rings is 2. The van der Waals surface area contributed by atoms with Crippen molar-refractivity contribution in [1.29, 1.82) is 0 Å². The number of nitrogens with zero attached hydrogens (tertiary/aromatic N) is 3. The number of rotatable bonds is 10. The number of anilines is 1. The van der Waals surface area contributed by atoms with Gasteiger partial charge in [0.2, 0.25) is 17.9 Å². The second-order valence-corrected chi connectivity index (χ2v) is 9.43. The summed E-state index contributed by atoms with van der Waals surface area (Å²) in [5.41, 5.74) is 12.9. The first-order valence-corrected chi connectivity index (χ1v) is 12.2. The summed E-state index contributed by atoms with van der Waals surface area (Å²) < 4.78 is 54.5. The van der Waals surface area contributed by atoms with Crippen LogP contribution in [0.3, 0.4) is 0 Å². The topological polar surface area (TPSA) is 141 Å². The van der Waals surface area contributed by atoms with Crippen LogP contribution < -0.4 is 16.2 Å². The largest absolute Gasteiger partial charge is 0.480 e. The van der Waals surface area contributed by atoms with Gasteiger partial charge < -0.3 is 30.6 Å². The van der Waals surface area contributed by atoms with Crippen molar-refractivity contribution in [3.05, 3.63) is 83.6 Å². The SMILES string of the molecule is CN(C)Cc1ccc(-c2ccccc2[C@H](Oc2cc(-c3ccc(CC(N)C(=O)O)cc3)nc(N)n2)C(F)(F)F)o1. The predicted octanol–water partition coefficient (Wildman–Crippen LogP) is 4.68. The minimum absolute atomic E-state index is 0.106. The average Bonchev–Trinajstić information content (AvgIpc) is 3.34. The molecule has 2 aromatic heterocycles. The van der Waals surface area contributed by atoms with E-state index in [0.717, 1.165) is 0 Å². The van der Waals surface area contributed by atoms with Crippen molar-refractivity contribution >= 4 is 11.9 Å². The van der Waals surface area contributed by atoms with Gasteiger partial charge in [-0.15, -0.1) is 0 Å². The molecule has 2 atom stereocenters. The van der Waals surface area contributed by atoms with Crippen molar-refractivity contribution < 1.29 is 32.2 Å². The maximum Gasteiger partial charge on any atom is 0.429 e. The van der Waals surface area contributed by atoms with E-state index in [0.29, 0.717) is 23.4 Å². The summed E-state index contributed by atoms with van der Waals surface area (Å²) in [6.45, 7) is 0.484. The fourth-order valence-electron chi connectivity index (χ4n) is 4.10. The third kappa shape index (κ3) is 6.96. The van der Waals surface area contributed by atoms with Crippen LogP contribution in [0, 0.1) is 0 Å². The number of ether oxygens (including phenoxy) is 1. The molecule has 0 saturated carbocycles. The molecular formula is C28H28F3N5O4. The Morgan fingerprint density at radius 2 is 1.77 bits per heavy atom. The molecule has 40 heavy (non-hydrogen) atoms. The molecule has 1 unspecified atom stereocenters. The Kier molecular flexibility index (Phi) is 8.40. The highest BCUT2D eigenvalue weighted by Gasteiger charge is 2.45. The van der Waals surface area contributed by atoms with Crippen molar-refractivity contribution in [3.63, 3.8) is 0 Å². The number of hydrogen-bond donors (Lipinski definition) is 3. The number of halogens is 3. The Morgan fingerprint density at radius 1 is 1.07 bits per heavy atom. The number of nitrogen functional groups attached to an aromatic ring is 1. The van der Waals surface area contributed by atoms with E-state index in [1.807, 2.05) is 19.0 Å². The molecular weight excluding hydrogens is 527 g/mol. The molecule has 0 aliphatic carbocycles. The first-order chi connectivity index (χ1) is 18.9. The summed E-state index contributed by atoms with van der Waals surface area (Å²) in [5.74, 6) is -0.905. The second-order valence-electron chi connectivity index (χ2n) is 9.43. The van der Waals surface area contributed by atoms with E-state index < -0.39 is 24.3 Å². The smallest absolute Gasteiger partial charge is 0.429 e. The van der Waals surface area contributed by atoms with Gasteiger partial charge in [0, 0.05) is 22.8 Å². The highest BCUT2D eigenvalue weighted by Crippen LogP contribution is 2.41. The van der Waals surface area contributed by atoms with Gasteiger partial charge in [-0.25, -0.2) is 4.98 Å². The Morgan fingerprint density at radius 3 is 2.42 bits per heavy atom. The highest BCUT2D eigenvalue weighted by molar-refractivity contribution is 5.73. The van der Waals surface area contributed by atoms with Crippen molar-refractivity contribution in [2.45, 2.75) is 31.3 Å². The van der Waals surface area contributed by atoms with Crippen LogP contribution in [0.25, 0.3) is 22.6 Å². The number of hydrogen-bond acceptors (Lipinski definition) is 8. The lowest BCUT2D eigenvalue weighted by molar-refractivity contribution is -0.198. The van der Waals surface area contributed by atoms with Crippen LogP contribution >= 0.6 is 0 Å². The Bertz CT molecular complexity index is 1470. The zero-order valence-electron chi connectivity index (χ0n) is 21.7. The summed E-state index contributed by atoms with van der Waals surface area (Å²) in [4.78, 5) is 20.9. The molecule has 5 N–H and O–H groups in total. The normalized spacial score (nSPS) is 13.3. The lowest BCUT2D eigenvalue weighted by Crippen LogP contribution is -2.32. The van der Waals surface area contributed by atoms with Gasteiger partial charge >= 0.3 is 12.1 Å². The zero-order valence-corrected chi connectivity index (χ0v) is 21.7. The van der Waals surface area contributed by atoms with Gasteiger partial charge in [0.05, 0.1) is 12.2 Å². The molecule has 0 aliphatic heterocycles. The molecule has 4 aromatic rings. The molecule has 4 rings (SSSR count). The molecule has 0 fully saturated rings. The summed E-state index contributed by atoms with van der Waals surface area (Å²) in [6, 6.07) is 16.1. The number of carbonyl (C=O) groups is 1. The molecule has 0 amide bonds. The first-order valence-electron chi connectivity index (χ1n) is 12.2. The van der Waals surface area contributed by atoms with Gasteiger partial charge in [0.25, 0.3) is 0 Å². The number of alkyl halides is 3. The number of carboxylic acids is 1. The van der Waals surface area contributed by atoms with Crippen LogP contribution in [0.1, 0.15) is 23.0 Å². The fraction of sp³-hybridized carbons (Fsp3) is 0.250. The van der Waals surface area contributed by atoms with Gasteiger partial charge in [0.15, 0.2) is 0 Å². The van der Waals surface area contributed by atoms with E-state index in [-0.39, 0.29) is 40.8 Å².